The molecule has 0 aromatic heterocycles. The van der Waals surface area contributed by atoms with Crippen molar-refractivity contribution in [2.45, 2.75) is 52.4 Å². The highest BCUT2D eigenvalue weighted by Gasteiger charge is 2.17. The summed E-state index contributed by atoms with van der Waals surface area (Å²) in [6.45, 7) is 4.01. The van der Waals surface area contributed by atoms with Gasteiger partial charge in [0, 0.05) is 5.56 Å². The zero-order valence-electron chi connectivity index (χ0n) is 11.6. The molecule has 1 saturated carbocycles. The van der Waals surface area contributed by atoms with Crippen LogP contribution in [0.4, 0.5) is 0 Å². The Morgan fingerprint density at radius 3 is 2.61 bits per heavy atom. The molecule has 0 bridgehead atoms. The van der Waals surface area contributed by atoms with Crippen molar-refractivity contribution in [2.24, 2.45) is 11.8 Å². The Bertz CT molecular complexity index is 400. The van der Waals surface area contributed by atoms with E-state index in [-0.39, 0.29) is 5.78 Å². The molecule has 0 heterocycles. The number of ketones is 1. The molecule has 1 heteroatoms. The van der Waals surface area contributed by atoms with Crippen molar-refractivity contribution in [3.8, 4) is 0 Å². The van der Waals surface area contributed by atoms with E-state index in [1.54, 1.807) is 6.92 Å². The third-order valence-corrected chi connectivity index (χ3v) is 4.31. The minimum Gasteiger partial charge on any atom is -0.295 e. The summed E-state index contributed by atoms with van der Waals surface area (Å²) in [6.07, 6.45) is 8.01. The molecule has 1 nitrogen and oxygen atoms in total. The van der Waals surface area contributed by atoms with Gasteiger partial charge in [0.05, 0.1) is 0 Å². The lowest BCUT2D eigenvalue weighted by Crippen LogP contribution is -2.13. The van der Waals surface area contributed by atoms with Crippen LogP contribution in [-0.4, -0.2) is 5.78 Å². The van der Waals surface area contributed by atoms with E-state index < -0.39 is 0 Å². The minimum atomic E-state index is 0.170. The largest absolute Gasteiger partial charge is 0.295 e. The van der Waals surface area contributed by atoms with Crippen LogP contribution >= 0.6 is 0 Å². The zero-order chi connectivity index (χ0) is 13.0. The molecule has 1 fully saturated rings. The van der Waals surface area contributed by atoms with Gasteiger partial charge < -0.3 is 0 Å². The number of benzene rings is 1. The van der Waals surface area contributed by atoms with Crippen LogP contribution in [0, 0.1) is 11.8 Å². The Kier molecular flexibility index (Phi) is 4.57. The molecule has 0 spiro atoms. The quantitative estimate of drug-likeness (QED) is 0.705. The van der Waals surface area contributed by atoms with E-state index in [4.69, 9.17) is 0 Å². The van der Waals surface area contributed by atoms with Gasteiger partial charge >= 0.3 is 0 Å². The Labute approximate surface area is 111 Å². The smallest absolute Gasteiger partial charge is 0.159 e. The van der Waals surface area contributed by atoms with Gasteiger partial charge in [0.15, 0.2) is 5.78 Å². The molecule has 1 aliphatic carbocycles. The van der Waals surface area contributed by atoms with Crippen molar-refractivity contribution in [3.05, 3.63) is 35.4 Å². The van der Waals surface area contributed by atoms with Gasteiger partial charge in [-0.15, -0.1) is 0 Å². The van der Waals surface area contributed by atoms with Crippen LogP contribution in [0.2, 0.25) is 0 Å². The second-order valence-electron chi connectivity index (χ2n) is 5.92. The number of aryl methyl sites for hydroxylation is 1. The van der Waals surface area contributed by atoms with Crippen LogP contribution in [0.3, 0.4) is 0 Å². The van der Waals surface area contributed by atoms with Crippen molar-refractivity contribution in [2.75, 3.05) is 0 Å². The van der Waals surface area contributed by atoms with E-state index in [0.29, 0.717) is 0 Å². The average Bonchev–Trinajstić information content (AvgIpc) is 2.38. The topological polar surface area (TPSA) is 17.1 Å². The number of hydrogen-bond donors (Lipinski definition) is 0. The summed E-state index contributed by atoms with van der Waals surface area (Å²) in [5, 5.41) is 0. The first kappa shape index (κ1) is 13.3. The van der Waals surface area contributed by atoms with Gasteiger partial charge in [0.2, 0.25) is 0 Å². The van der Waals surface area contributed by atoms with Gasteiger partial charge in [-0.2, -0.15) is 0 Å². The van der Waals surface area contributed by atoms with E-state index in [2.05, 4.69) is 19.1 Å². The fraction of sp³-hybridized carbons (Fsp3) is 0.588. The number of carbonyl (C=O) groups is 1. The fourth-order valence-corrected chi connectivity index (χ4v) is 2.93. The number of carbonyl (C=O) groups excluding carboxylic acids is 1. The van der Waals surface area contributed by atoms with Crippen molar-refractivity contribution >= 4 is 5.78 Å². The molecule has 1 aromatic carbocycles. The monoisotopic (exact) mass is 244 g/mol. The SMILES string of the molecule is CC(=O)c1cccc(CCC2CCC(C)CC2)c1. The van der Waals surface area contributed by atoms with E-state index in [1.165, 1.54) is 37.7 Å². The molecule has 0 radical (unpaired) electrons. The average molecular weight is 244 g/mol. The molecule has 0 aliphatic heterocycles. The van der Waals surface area contributed by atoms with Crippen molar-refractivity contribution in [1.29, 1.82) is 0 Å². The summed E-state index contributed by atoms with van der Waals surface area (Å²) in [5.74, 6) is 2.01. The molecular weight excluding hydrogens is 220 g/mol. The van der Waals surface area contributed by atoms with Crippen LogP contribution in [0.25, 0.3) is 0 Å². The van der Waals surface area contributed by atoms with Crippen LogP contribution in [0.15, 0.2) is 24.3 Å². The third kappa shape index (κ3) is 3.69. The van der Waals surface area contributed by atoms with Crippen LogP contribution in [0.1, 0.15) is 61.9 Å². The first-order valence-corrected chi connectivity index (χ1v) is 7.25. The van der Waals surface area contributed by atoms with Crippen molar-refractivity contribution in [1.82, 2.24) is 0 Å². The Balaban J connectivity index is 1.86. The molecule has 0 atom stereocenters. The normalized spacial score (nSPS) is 23.9. The first-order valence-electron chi connectivity index (χ1n) is 7.25. The first-order chi connectivity index (χ1) is 8.65. The van der Waals surface area contributed by atoms with E-state index >= 15 is 0 Å². The highest BCUT2D eigenvalue weighted by atomic mass is 16.1. The lowest BCUT2D eigenvalue weighted by molar-refractivity contribution is 0.101. The Morgan fingerprint density at radius 1 is 1.22 bits per heavy atom. The highest BCUT2D eigenvalue weighted by Crippen LogP contribution is 2.31. The molecule has 0 unspecified atom stereocenters. The lowest BCUT2D eigenvalue weighted by Gasteiger charge is -2.26. The summed E-state index contributed by atoms with van der Waals surface area (Å²) < 4.78 is 0. The van der Waals surface area contributed by atoms with Gasteiger partial charge in [-0.3, -0.25) is 4.79 Å². The van der Waals surface area contributed by atoms with Crippen molar-refractivity contribution in [3.63, 3.8) is 0 Å². The summed E-state index contributed by atoms with van der Waals surface area (Å²) in [6, 6.07) is 8.13. The summed E-state index contributed by atoms with van der Waals surface area (Å²) in [4.78, 5) is 11.3. The van der Waals surface area contributed by atoms with Gasteiger partial charge in [-0.1, -0.05) is 50.8 Å². The molecule has 1 aromatic rings. The number of Topliss-reactive ketones (excluding diaryl/α,β-unsaturated/α-hetero) is 1. The number of rotatable bonds is 4. The van der Waals surface area contributed by atoms with Crippen LogP contribution in [-0.2, 0) is 6.42 Å². The van der Waals surface area contributed by atoms with Gasteiger partial charge in [-0.05, 0) is 43.2 Å². The minimum absolute atomic E-state index is 0.170. The van der Waals surface area contributed by atoms with E-state index in [1.807, 2.05) is 12.1 Å². The maximum atomic E-state index is 11.3. The Morgan fingerprint density at radius 2 is 1.94 bits per heavy atom. The maximum absolute atomic E-state index is 11.3. The summed E-state index contributed by atoms with van der Waals surface area (Å²) >= 11 is 0. The Hall–Kier alpha value is -1.11. The molecular formula is C17H24O. The van der Waals surface area contributed by atoms with E-state index in [9.17, 15) is 4.79 Å². The fourth-order valence-electron chi connectivity index (χ4n) is 2.93. The second-order valence-corrected chi connectivity index (χ2v) is 5.92. The second kappa shape index (κ2) is 6.17. The van der Waals surface area contributed by atoms with Crippen LogP contribution in [0.5, 0.6) is 0 Å². The summed E-state index contributed by atoms with van der Waals surface area (Å²) in [5.41, 5.74) is 2.17. The van der Waals surface area contributed by atoms with Crippen molar-refractivity contribution < 1.29 is 4.79 Å². The maximum Gasteiger partial charge on any atom is 0.159 e. The predicted molar refractivity (Wildman–Crippen MR) is 75.9 cm³/mol. The molecule has 0 N–H and O–H groups in total. The molecule has 18 heavy (non-hydrogen) atoms. The van der Waals surface area contributed by atoms with Gasteiger partial charge in [0.25, 0.3) is 0 Å². The standard InChI is InChI=1S/C17H24O/c1-13-6-8-15(9-7-13)10-11-16-4-3-5-17(12-16)14(2)18/h3-5,12-13,15H,6-11H2,1-2H3. The van der Waals surface area contributed by atoms with Crippen LogP contribution < -0.4 is 0 Å². The molecule has 1 aliphatic rings. The molecule has 2 rings (SSSR count). The highest BCUT2D eigenvalue weighted by molar-refractivity contribution is 5.94. The summed E-state index contributed by atoms with van der Waals surface area (Å²) in [7, 11) is 0. The molecule has 0 saturated heterocycles. The number of hydrogen-bond acceptors (Lipinski definition) is 1. The van der Waals surface area contributed by atoms with Gasteiger partial charge in [-0.25, -0.2) is 0 Å². The zero-order valence-corrected chi connectivity index (χ0v) is 11.6. The predicted octanol–water partition coefficient (Wildman–Crippen LogP) is 4.65. The van der Waals surface area contributed by atoms with E-state index in [0.717, 1.165) is 23.8 Å². The third-order valence-electron chi connectivity index (χ3n) is 4.31. The molecule has 98 valence electrons. The molecule has 0 amide bonds. The van der Waals surface area contributed by atoms with Gasteiger partial charge in [0.1, 0.15) is 0 Å². The lowest BCUT2D eigenvalue weighted by atomic mass is 9.80.